The van der Waals surface area contributed by atoms with E-state index in [9.17, 15) is 0 Å². The van der Waals surface area contributed by atoms with E-state index in [1.165, 1.54) is 6.42 Å². The number of rotatable bonds is 2. The largest absolute Gasteiger partial charge is 0.304 e. The number of nitriles is 1. The van der Waals surface area contributed by atoms with E-state index in [4.69, 9.17) is 5.26 Å². The summed E-state index contributed by atoms with van der Waals surface area (Å²) in [5, 5.41) is 11.6. The molecule has 0 aromatic rings. The molecule has 0 atom stereocenters. The molecule has 1 aliphatic heterocycles. The van der Waals surface area contributed by atoms with Crippen LogP contribution < -0.4 is 5.32 Å². The van der Waals surface area contributed by atoms with E-state index in [2.05, 4.69) is 16.3 Å². The molecule has 0 aromatic carbocycles. The average molecular weight is 139 g/mol. The summed E-state index contributed by atoms with van der Waals surface area (Å²) in [7, 11) is 0. The molecule has 10 heavy (non-hydrogen) atoms. The van der Waals surface area contributed by atoms with E-state index < -0.39 is 0 Å². The van der Waals surface area contributed by atoms with Crippen molar-refractivity contribution in [2.45, 2.75) is 12.8 Å². The van der Waals surface area contributed by atoms with Gasteiger partial charge in [-0.05, 0) is 13.0 Å². The fourth-order valence-corrected chi connectivity index (χ4v) is 1.14. The summed E-state index contributed by atoms with van der Waals surface area (Å²) in [6.45, 7) is 4.16. The first kappa shape index (κ1) is 7.52. The summed E-state index contributed by atoms with van der Waals surface area (Å²) in [5.74, 6) is 0. The molecule has 1 saturated heterocycles. The van der Waals surface area contributed by atoms with Crippen LogP contribution >= 0.6 is 0 Å². The van der Waals surface area contributed by atoms with Gasteiger partial charge in [0.25, 0.3) is 0 Å². The van der Waals surface area contributed by atoms with Gasteiger partial charge < -0.3 is 5.32 Å². The van der Waals surface area contributed by atoms with Crippen molar-refractivity contribution >= 4 is 0 Å². The van der Waals surface area contributed by atoms with Gasteiger partial charge in [-0.3, -0.25) is 4.90 Å². The molecule has 0 aliphatic carbocycles. The van der Waals surface area contributed by atoms with Crippen LogP contribution in [0, 0.1) is 11.3 Å². The highest BCUT2D eigenvalue weighted by Gasteiger charge is 2.07. The summed E-state index contributed by atoms with van der Waals surface area (Å²) in [6, 6.07) is 2.15. The van der Waals surface area contributed by atoms with Gasteiger partial charge >= 0.3 is 0 Å². The molecule has 0 bridgehead atoms. The Morgan fingerprint density at radius 3 is 3.10 bits per heavy atom. The van der Waals surface area contributed by atoms with Gasteiger partial charge in [-0.1, -0.05) is 0 Å². The van der Waals surface area contributed by atoms with Crippen LogP contribution in [0.5, 0.6) is 0 Å². The molecule has 1 N–H and O–H groups in total. The highest BCUT2D eigenvalue weighted by molar-refractivity contribution is 4.73. The zero-order valence-electron chi connectivity index (χ0n) is 6.14. The summed E-state index contributed by atoms with van der Waals surface area (Å²) in [5.41, 5.74) is 0. The molecule has 1 rings (SSSR count). The highest BCUT2D eigenvalue weighted by atomic mass is 15.2. The molecule has 0 saturated carbocycles. The van der Waals surface area contributed by atoms with Crippen LogP contribution in [-0.2, 0) is 0 Å². The number of hydrogen-bond acceptors (Lipinski definition) is 3. The van der Waals surface area contributed by atoms with Gasteiger partial charge in [0, 0.05) is 26.2 Å². The smallest absolute Gasteiger partial charge is 0.0635 e. The molecule has 1 heterocycles. The lowest BCUT2D eigenvalue weighted by Gasteiger charge is -2.25. The Kier molecular flexibility index (Phi) is 3.20. The van der Waals surface area contributed by atoms with Crippen LogP contribution in [0.3, 0.4) is 0 Å². The zero-order valence-corrected chi connectivity index (χ0v) is 6.14. The van der Waals surface area contributed by atoms with Crippen LogP contribution in [0.1, 0.15) is 12.8 Å². The minimum Gasteiger partial charge on any atom is -0.304 e. The molecule has 56 valence electrons. The minimum atomic E-state index is 0.654. The van der Waals surface area contributed by atoms with Gasteiger partial charge in [-0.15, -0.1) is 0 Å². The third kappa shape index (κ3) is 2.34. The first-order valence-corrected chi connectivity index (χ1v) is 3.73. The summed E-state index contributed by atoms with van der Waals surface area (Å²) < 4.78 is 0. The fourth-order valence-electron chi connectivity index (χ4n) is 1.14. The van der Waals surface area contributed by atoms with Gasteiger partial charge in [0.2, 0.25) is 0 Å². The van der Waals surface area contributed by atoms with Crippen LogP contribution in [0.4, 0.5) is 0 Å². The molecular weight excluding hydrogens is 126 g/mol. The van der Waals surface area contributed by atoms with E-state index in [-0.39, 0.29) is 0 Å². The normalized spacial score (nSPS) is 20.3. The third-order valence-corrected chi connectivity index (χ3v) is 1.70. The van der Waals surface area contributed by atoms with Crippen molar-refractivity contribution in [3.05, 3.63) is 0 Å². The fraction of sp³-hybridized carbons (Fsp3) is 0.857. The molecular formula is C7H13N3. The summed E-state index contributed by atoms with van der Waals surface area (Å²) >= 11 is 0. The molecule has 0 aromatic heterocycles. The lowest BCUT2D eigenvalue weighted by molar-refractivity contribution is 0.220. The Morgan fingerprint density at radius 1 is 1.60 bits per heavy atom. The predicted molar refractivity (Wildman–Crippen MR) is 39.3 cm³/mol. The second-order valence-corrected chi connectivity index (χ2v) is 2.54. The molecule has 1 fully saturated rings. The Hall–Kier alpha value is -0.590. The maximum atomic E-state index is 8.30. The lowest BCUT2D eigenvalue weighted by Crippen LogP contribution is -2.41. The second kappa shape index (κ2) is 4.26. The van der Waals surface area contributed by atoms with Crippen molar-refractivity contribution in [1.82, 2.24) is 10.2 Å². The molecule has 3 nitrogen and oxygen atoms in total. The molecule has 0 radical (unpaired) electrons. The second-order valence-electron chi connectivity index (χ2n) is 2.54. The Labute approximate surface area is 61.6 Å². The van der Waals surface area contributed by atoms with E-state index in [1.807, 2.05) is 0 Å². The molecule has 0 amide bonds. The van der Waals surface area contributed by atoms with Gasteiger partial charge in [0.05, 0.1) is 6.07 Å². The van der Waals surface area contributed by atoms with Crippen molar-refractivity contribution < 1.29 is 0 Å². The molecule has 1 aliphatic rings. The summed E-state index contributed by atoms with van der Waals surface area (Å²) in [6.07, 6.45) is 1.87. The van der Waals surface area contributed by atoms with Gasteiger partial charge in [0.15, 0.2) is 0 Å². The number of hydrogen-bond donors (Lipinski definition) is 1. The summed E-state index contributed by atoms with van der Waals surface area (Å²) in [4.78, 5) is 2.27. The van der Waals surface area contributed by atoms with E-state index in [1.54, 1.807) is 0 Å². The van der Waals surface area contributed by atoms with Crippen molar-refractivity contribution in [2.75, 3.05) is 26.3 Å². The van der Waals surface area contributed by atoms with E-state index >= 15 is 0 Å². The van der Waals surface area contributed by atoms with Crippen LogP contribution in [0.25, 0.3) is 0 Å². The average Bonchev–Trinajstić information content (AvgIpc) is 2.03. The Morgan fingerprint density at radius 2 is 2.50 bits per heavy atom. The number of nitrogens with one attached hydrogen (secondary N) is 1. The van der Waals surface area contributed by atoms with Crippen molar-refractivity contribution in [3.63, 3.8) is 0 Å². The number of nitrogens with zero attached hydrogens (tertiary/aromatic N) is 2. The lowest BCUT2D eigenvalue weighted by atomic mass is 10.3. The first-order chi connectivity index (χ1) is 4.93. The molecule has 0 spiro atoms. The zero-order chi connectivity index (χ0) is 7.23. The van der Waals surface area contributed by atoms with Crippen LogP contribution in [-0.4, -0.2) is 31.2 Å². The van der Waals surface area contributed by atoms with Crippen LogP contribution in [0.2, 0.25) is 0 Å². The van der Waals surface area contributed by atoms with E-state index in [0.29, 0.717) is 6.42 Å². The van der Waals surface area contributed by atoms with Gasteiger partial charge in [0.1, 0.15) is 0 Å². The van der Waals surface area contributed by atoms with Gasteiger partial charge in [-0.25, -0.2) is 0 Å². The van der Waals surface area contributed by atoms with E-state index in [0.717, 1.165) is 26.3 Å². The first-order valence-electron chi connectivity index (χ1n) is 3.73. The monoisotopic (exact) mass is 139 g/mol. The maximum absolute atomic E-state index is 8.30. The van der Waals surface area contributed by atoms with Crippen molar-refractivity contribution in [2.24, 2.45) is 0 Å². The topological polar surface area (TPSA) is 39.1 Å². The Bertz CT molecular complexity index is 121. The Balaban J connectivity index is 2.09. The predicted octanol–water partition coefficient (Wildman–Crippen LogP) is 0.153. The molecule has 3 heteroatoms. The SMILES string of the molecule is N#CCCN1CCCNC1. The van der Waals surface area contributed by atoms with Gasteiger partial charge in [-0.2, -0.15) is 5.26 Å². The van der Waals surface area contributed by atoms with Crippen molar-refractivity contribution in [3.8, 4) is 6.07 Å². The maximum Gasteiger partial charge on any atom is 0.0635 e. The quantitative estimate of drug-likeness (QED) is 0.592. The van der Waals surface area contributed by atoms with Crippen LogP contribution in [0.15, 0.2) is 0 Å². The standard InChI is InChI=1S/C7H13N3/c8-3-1-5-10-6-2-4-9-7-10/h9H,1-2,4-7H2. The minimum absolute atomic E-state index is 0.654. The highest BCUT2D eigenvalue weighted by Crippen LogP contribution is 1.95. The third-order valence-electron chi connectivity index (χ3n) is 1.70. The van der Waals surface area contributed by atoms with Crippen molar-refractivity contribution in [1.29, 1.82) is 5.26 Å². The molecule has 0 unspecified atom stereocenters.